The van der Waals surface area contributed by atoms with Gasteiger partial charge in [0.1, 0.15) is 0 Å². The van der Waals surface area contributed by atoms with Gasteiger partial charge in [0.15, 0.2) is 0 Å². The Balaban J connectivity index is 0.00000107. The molecular weight excluding hydrogens is 570 g/mol. The Morgan fingerprint density at radius 1 is 0.405 bits per heavy atom. The van der Waals surface area contributed by atoms with Crippen LogP contribution in [0.25, 0.3) is 22.3 Å². The zero-order chi connectivity index (χ0) is 22.7. The molecule has 0 atom stereocenters. The number of fused-ring (bicyclic) bond motifs is 6. The van der Waals surface area contributed by atoms with Gasteiger partial charge >= 0.3 is 0 Å². The van der Waals surface area contributed by atoms with Gasteiger partial charge in [0.2, 0.25) is 7.38 Å². The van der Waals surface area contributed by atoms with Crippen molar-refractivity contribution in [2.24, 2.45) is 0 Å². The van der Waals surface area contributed by atoms with Crippen molar-refractivity contribution in [1.29, 1.82) is 0 Å². The molecule has 0 saturated carbocycles. The number of rotatable bonds is 3. The maximum absolute atomic E-state index is 8.33. The smallest absolute Gasteiger partial charge is 0.159 e. The van der Waals surface area contributed by atoms with E-state index in [1.54, 1.807) is 0 Å². The van der Waals surface area contributed by atoms with Gasteiger partial charge in [0.25, 0.3) is 0 Å². The molecule has 5 heteroatoms. The molecule has 0 aliphatic heterocycles. The first-order valence-electron chi connectivity index (χ1n) is 11.9. The van der Waals surface area contributed by atoms with Crippen LogP contribution in [0.5, 0.6) is 0 Å². The van der Waals surface area contributed by atoms with Gasteiger partial charge in [-0.25, -0.2) is 0 Å². The molecule has 0 aromatic heterocycles. The van der Waals surface area contributed by atoms with Crippen molar-refractivity contribution in [2.45, 2.75) is 11.1 Å². The fraction of sp³-hybridized carbons (Fsp3) is 0.0625. The molecule has 183 valence electrons. The van der Waals surface area contributed by atoms with Crippen molar-refractivity contribution < 1.29 is 18.6 Å². The third-order valence-electron chi connectivity index (χ3n) is 7.72. The molecule has 2 aliphatic carbocycles. The Kier molecular flexibility index (Phi) is 8.16. The number of benzene rings is 5. The van der Waals surface area contributed by atoms with E-state index in [4.69, 9.17) is 11.1 Å². The molecule has 2 aliphatic rings. The fourth-order valence-electron chi connectivity index (χ4n) is 6.41. The zero-order valence-corrected chi connectivity index (χ0v) is 24.7. The van der Waals surface area contributed by atoms with E-state index >= 15 is 0 Å². The van der Waals surface area contributed by atoms with Crippen LogP contribution in [0.2, 0.25) is 0 Å². The average Bonchev–Trinajstić information content (AvgIpc) is 3.43. The molecule has 0 unspecified atom stereocenters. The molecule has 7 rings (SSSR count). The van der Waals surface area contributed by atoms with E-state index < -0.39 is 7.38 Å². The largest absolute Gasteiger partial charge is 0.210 e. The molecule has 37 heavy (non-hydrogen) atoms. The summed E-state index contributed by atoms with van der Waals surface area (Å²) in [7, 11) is -2.79. The van der Waals surface area contributed by atoms with Crippen LogP contribution in [0.15, 0.2) is 127 Å². The van der Waals surface area contributed by atoms with Gasteiger partial charge in [-0.3, -0.25) is 0 Å². The van der Waals surface area contributed by atoms with Gasteiger partial charge in [-0.1, -0.05) is 127 Å². The molecule has 0 N–H and O–H groups in total. The van der Waals surface area contributed by atoms with Crippen LogP contribution < -0.4 is 5.19 Å². The first kappa shape index (κ1) is 27.8. The molecule has 0 bridgehead atoms. The third kappa shape index (κ3) is 4.05. The van der Waals surface area contributed by atoms with Crippen molar-refractivity contribution in [1.82, 2.24) is 0 Å². The van der Waals surface area contributed by atoms with E-state index in [-0.39, 0.29) is 54.5 Å². The van der Waals surface area contributed by atoms with Crippen molar-refractivity contribution in [3.8, 4) is 22.3 Å². The second-order valence-electron chi connectivity index (χ2n) is 9.35. The Hall–Kier alpha value is -2.23. The Bertz CT molecular complexity index is 1370. The first-order valence-corrected chi connectivity index (χ1v) is 15.1. The summed E-state index contributed by atoms with van der Waals surface area (Å²) in [5, 5.41) is 1.30. The SMILES string of the molecule is Cl.Cl.Cl[Si](c1ccccc1)(C1c2ccccc2-c2ccccc21)C1c2ccccc2-c2ccccc21.[V]. The summed E-state index contributed by atoms with van der Waals surface area (Å²) in [5.74, 6) is 0. The Morgan fingerprint density at radius 3 is 1.00 bits per heavy atom. The predicted molar refractivity (Wildman–Crippen MR) is 160 cm³/mol. The van der Waals surface area contributed by atoms with E-state index in [2.05, 4.69) is 127 Å². The van der Waals surface area contributed by atoms with E-state index in [1.165, 1.54) is 49.7 Å². The number of halogens is 3. The topological polar surface area (TPSA) is 0 Å². The molecule has 1 radical (unpaired) electrons. The van der Waals surface area contributed by atoms with Gasteiger partial charge in [0.05, 0.1) is 0 Å². The third-order valence-corrected chi connectivity index (χ3v) is 13.8. The Labute approximate surface area is 248 Å². The van der Waals surface area contributed by atoms with Gasteiger partial charge < -0.3 is 0 Å². The van der Waals surface area contributed by atoms with Crippen LogP contribution in [-0.2, 0) is 18.6 Å². The minimum absolute atomic E-state index is 0. The quantitative estimate of drug-likeness (QED) is 0.145. The molecule has 0 amide bonds. The van der Waals surface area contributed by atoms with E-state index in [9.17, 15) is 0 Å². The standard InChI is InChI=1S/C32H23ClSi.2ClH.V/c33-34(22-12-2-1-3-13-22,31-27-18-8-4-14-23(27)24-15-5-9-19-28(24)31)32-29-20-10-6-16-25(29)26-17-7-11-21-30(26)32;;;/h1-21,31-32H;2*1H;. The van der Waals surface area contributed by atoms with Crippen LogP contribution >= 0.6 is 35.9 Å². The Morgan fingerprint density at radius 2 is 0.676 bits per heavy atom. The second-order valence-corrected chi connectivity index (χ2v) is 14.5. The van der Waals surface area contributed by atoms with Crippen molar-refractivity contribution in [3.63, 3.8) is 0 Å². The average molecular weight is 595 g/mol. The van der Waals surface area contributed by atoms with E-state index in [0.29, 0.717) is 0 Å². The summed E-state index contributed by atoms with van der Waals surface area (Å²) in [6.45, 7) is 0. The van der Waals surface area contributed by atoms with E-state index in [1.807, 2.05) is 0 Å². The molecule has 5 aromatic rings. The van der Waals surface area contributed by atoms with Gasteiger partial charge in [-0.05, 0) is 49.7 Å². The van der Waals surface area contributed by atoms with Crippen LogP contribution in [0.4, 0.5) is 0 Å². The summed E-state index contributed by atoms with van der Waals surface area (Å²) in [4.78, 5) is 0. The van der Waals surface area contributed by atoms with E-state index in [0.717, 1.165) is 0 Å². The molecule has 0 spiro atoms. The summed E-state index contributed by atoms with van der Waals surface area (Å²) in [6, 6.07) is 46.5. The summed E-state index contributed by atoms with van der Waals surface area (Å²) in [6.07, 6.45) is 0. The molecule has 0 fully saturated rings. The molecule has 0 heterocycles. The normalized spacial score (nSPS) is 13.2. The van der Waals surface area contributed by atoms with Crippen LogP contribution in [-0.4, -0.2) is 7.38 Å². The fourth-order valence-corrected chi connectivity index (χ4v) is 12.7. The molecule has 5 aromatic carbocycles. The van der Waals surface area contributed by atoms with Gasteiger partial charge in [0, 0.05) is 29.6 Å². The summed E-state index contributed by atoms with van der Waals surface area (Å²) >= 11 is 8.33. The second kappa shape index (κ2) is 10.9. The maximum Gasteiger partial charge on any atom is 0.210 e. The summed E-state index contributed by atoms with van der Waals surface area (Å²) < 4.78 is 0. The first-order chi connectivity index (χ1) is 16.8. The molecule has 0 nitrogen and oxygen atoms in total. The van der Waals surface area contributed by atoms with Crippen LogP contribution in [0.1, 0.15) is 33.3 Å². The monoisotopic (exact) mass is 593 g/mol. The number of hydrogen-bond donors (Lipinski definition) is 0. The van der Waals surface area contributed by atoms with Gasteiger partial charge in [-0.2, -0.15) is 11.1 Å². The minimum Gasteiger partial charge on any atom is -0.159 e. The maximum atomic E-state index is 8.33. The predicted octanol–water partition coefficient (Wildman–Crippen LogP) is 8.62. The number of hydrogen-bond acceptors (Lipinski definition) is 0. The van der Waals surface area contributed by atoms with Crippen molar-refractivity contribution >= 4 is 48.5 Å². The van der Waals surface area contributed by atoms with Crippen LogP contribution in [0, 0.1) is 0 Å². The minimum atomic E-state index is -2.79. The van der Waals surface area contributed by atoms with Gasteiger partial charge in [-0.15, -0.1) is 24.8 Å². The van der Waals surface area contributed by atoms with Crippen molar-refractivity contribution in [2.75, 3.05) is 0 Å². The molecule has 0 saturated heterocycles. The van der Waals surface area contributed by atoms with Crippen molar-refractivity contribution in [3.05, 3.63) is 150 Å². The van der Waals surface area contributed by atoms with Crippen LogP contribution in [0.3, 0.4) is 0 Å². The zero-order valence-electron chi connectivity index (χ0n) is 19.9. The summed E-state index contributed by atoms with van der Waals surface area (Å²) in [5.41, 5.74) is 11.1. The molecular formula is C32H25Cl3SiV.